The van der Waals surface area contributed by atoms with Gasteiger partial charge in [0.05, 0.1) is 17.3 Å². The van der Waals surface area contributed by atoms with Gasteiger partial charge in [0.2, 0.25) is 0 Å². The first kappa shape index (κ1) is 24.5. The van der Waals surface area contributed by atoms with Crippen LogP contribution >= 0.6 is 0 Å². The Morgan fingerprint density at radius 3 is 2.58 bits per heavy atom. The second-order valence-electron chi connectivity index (χ2n) is 7.93. The molecule has 1 heterocycles. The Hall–Kier alpha value is -3.13. The Labute approximate surface area is 193 Å². The van der Waals surface area contributed by atoms with E-state index in [-0.39, 0.29) is 34.1 Å². The fourth-order valence-corrected chi connectivity index (χ4v) is 4.43. The van der Waals surface area contributed by atoms with Crippen molar-refractivity contribution in [2.24, 2.45) is 7.05 Å². The van der Waals surface area contributed by atoms with Crippen molar-refractivity contribution in [2.45, 2.75) is 38.0 Å². The number of hydrogen-bond donors (Lipinski definition) is 1. The van der Waals surface area contributed by atoms with Gasteiger partial charge in [-0.05, 0) is 55.5 Å². The molecule has 1 N–H and O–H groups in total. The Morgan fingerprint density at radius 2 is 1.85 bits per heavy atom. The molecule has 0 aliphatic heterocycles. The van der Waals surface area contributed by atoms with Gasteiger partial charge in [0, 0.05) is 30.4 Å². The van der Waals surface area contributed by atoms with E-state index >= 15 is 0 Å². The predicted molar refractivity (Wildman–Crippen MR) is 126 cm³/mol. The average molecular weight is 474 g/mol. The van der Waals surface area contributed by atoms with Crippen LogP contribution < -0.4 is 10.3 Å². The Kier molecular flexibility index (Phi) is 7.58. The molecule has 1 aromatic heterocycles. The van der Waals surface area contributed by atoms with E-state index in [2.05, 4.69) is 0 Å². The average Bonchev–Trinajstić information content (AvgIpc) is 2.78. The second kappa shape index (κ2) is 10.2. The minimum atomic E-state index is -3.53. The fraction of sp³-hybridized carbons (Fsp3) is 0.320. The molecule has 3 aromatic rings. The van der Waals surface area contributed by atoms with Crippen LogP contribution in [0.3, 0.4) is 0 Å². The number of aromatic nitrogens is 1. The van der Waals surface area contributed by atoms with E-state index in [1.807, 2.05) is 25.1 Å². The molecule has 0 aliphatic rings. The number of aromatic hydroxyl groups is 1. The van der Waals surface area contributed by atoms with Crippen molar-refractivity contribution in [1.29, 1.82) is 0 Å². The standard InChI is InChI=1S/C25H28FNO5S/c1-4-33(30,31)19-11-12-22(26)20(14-19)21-16-27(3)24(28)15-23(21)32-13-6-5-9-18-10-7-8-17(2)25(18)29/h7-8,10-12,14-16,29H,4-6,9,13H2,1-3H3. The van der Waals surface area contributed by atoms with Gasteiger partial charge in [-0.25, -0.2) is 12.8 Å². The van der Waals surface area contributed by atoms with Gasteiger partial charge in [0.1, 0.15) is 17.3 Å². The van der Waals surface area contributed by atoms with E-state index in [4.69, 9.17) is 4.74 Å². The van der Waals surface area contributed by atoms with Gasteiger partial charge in [-0.15, -0.1) is 0 Å². The van der Waals surface area contributed by atoms with Crippen LogP contribution in [0.25, 0.3) is 11.1 Å². The van der Waals surface area contributed by atoms with Gasteiger partial charge in [-0.2, -0.15) is 0 Å². The van der Waals surface area contributed by atoms with Gasteiger partial charge in [-0.1, -0.05) is 25.1 Å². The highest BCUT2D eigenvalue weighted by Crippen LogP contribution is 2.33. The first-order valence-electron chi connectivity index (χ1n) is 10.8. The lowest BCUT2D eigenvalue weighted by Gasteiger charge is -2.15. The van der Waals surface area contributed by atoms with Crippen LogP contribution in [-0.4, -0.2) is 30.5 Å². The zero-order valence-electron chi connectivity index (χ0n) is 19.0. The van der Waals surface area contributed by atoms with Crippen LogP contribution in [-0.2, 0) is 23.3 Å². The maximum atomic E-state index is 14.7. The highest BCUT2D eigenvalue weighted by Gasteiger charge is 2.18. The number of para-hydroxylation sites is 1. The van der Waals surface area contributed by atoms with Crippen LogP contribution in [0.2, 0.25) is 0 Å². The number of phenols is 1. The zero-order chi connectivity index (χ0) is 24.2. The molecule has 0 bridgehead atoms. The normalized spacial score (nSPS) is 11.5. The molecule has 176 valence electrons. The molecule has 0 radical (unpaired) electrons. The van der Waals surface area contributed by atoms with Gasteiger partial charge < -0.3 is 14.4 Å². The van der Waals surface area contributed by atoms with Crippen LogP contribution in [0.1, 0.15) is 30.9 Å². The number of nitrogens with zero attached hydrogens (tertiary/aromatic N) is 1. The van der Waals surface area contributed by atoms with Gasteiger partial charge in [-0.3, -0.25) is 4.79 Å². The van der Waals surface area contributed by atoms with E-state index in [1.165, 1.54) is 42.9 Å². The minimum Gasteiger partial charge on any atom is -0.507 e. The van der Waals surface area contributed by atoms with Crippen molar-refractivity contribution in [2.75, 3.05) is 12.4 Å². The summed E-state index contributed by atoms with van der Waals surface area (Å²) in [5.41, 5.74) is 1.72. The molecular formula is C25H28FNO5S. The van der Waals surface area contributed by atoms with Crippen molar-refractivity contribution in [3.05, 3.63) is 76.0 Å². The largest absolute Gasteiger partial charge is 0.507 e. The molecule has 3 rings (SSSR count). The highest BCUT2D eigenvalue weighted by molar-refractivity contribution is 7.91. The molecule has 2 aromatic carbocycles. The molecule has 0 atom stereocenters. The van der Waals surface area contributed by atoms with Crippen molar-refractivity contribution < 1.29 is 22.7 Å². The lowest BCUT2D eigenvalue weighted by molar-refractivity contribution is 0.306. The number of unbranched alkanes of at least 4 members (excludes halogenated alkanes) is 1. The number of hydrogen-bond acceptors (Lipinski definition) is 5. The summed E-state index contributed by atoms with van der Waals surface area (Å²) in [6, 6.07) is 10.5. The predicted octanol–water partition coefficient (Wildman–Crippen LogP) is 4.40. The summed E-state index contributed by atoms with van der Waals surface area (Å²) in [6.45, 7) is 3.65. The molecule has 0 amide bonds. The van der Waals surface area contributed by atoms with Gasteiger partial charge >= 0.3 is 0 Å². The third kappa shape index (κ3) is 5.63. The van der Waals surface area contributed by atoms with E-state index in [9.17, 15) is 22.7 Å². The number of phenolic OH excluding ortho intramolecular Hbond substituents is 1. The second-order valence-corrected chi connectivity index (χ2v) is 10.2. The summed E-state index contributed by atoms with van der Waals surface area (Å²) >= 11 is 0. The molecule has 0 aliphatic carbocycles. The summed E-state index contributed by atoms with van der Waals surface area (Å²) < 4.78 is 46.4. The minimum absolute atomic E-state index is 0.0131. The summed E-state index contributed by atoms with van der Waals surface area (Å²) in [5.74, 6) is -0.222. The number of sulfone groups is 1. The third-order valence-electron chi connectivity index (χ3n) is 5.58. The smallest absolute Gasteiger partial charge is 0.254 e. The van der Waals surface area contributed by atoms with Crippen molar-refractivity contribution >= 4 is 9.84 Å². The number of pyridine rings is 1. The lowest BCUT2D eigenvalue weighted by atomic mass is 10.0. The highest BCUT2D eigenvalue weighted by atomic mass is 32.2. The topological polar surface area (TPSA) is 85.6 Å². The number of ether oxygens (including phenoxy) is 1. The summed E-state index contributed by atoms with van der Waals surface area (Å²) in [7, 11) is -1.99. The number of halogens is 1. The first-order chi connectivity index (χ1) is 15.6. The molecule has 33 heavy (non-hydrogen) atoms. The van der Waals surface area contributed by atoms with Crippen LogP contribution in [0.15, 0.2) is 58.4 Å². The van der Waals surface area contributed by atoms with Gasteiger partial charge in [0.15, 0.2) is 9.84 Å². The van der Waals surface area contributed by atoms with Crippen LogP contribution in [0.5, 0.6) is 11.5 Å². The lowest BCUT2D eigenvalue weighted by Crippen LogP contribution is -2.16. The maximum Gasteiger partial charge on any atom is 0.254 e. The van der Waals surface area contributed by atoms with Crippen molar-refractivity contribution in [3.63, 3.8) is 0 Å². The van der Waals surface area contributed by atoms with Crippen molar-refractivity contribution in [3.8, 4) is 22.6 Å². The van der Waals surface area contributed by atoms with E-state index in [1.54, 1.807) is 0 Å². The summed E-state index contributed by atoms with van der Waals surface area (Å²) in [6.07, 6.45) is 3.51. The molecule has 6 nitrogen and oxygen atoms in total. The Morgan fingerprint density at radius 1 is 1.09 bits per heavy atom. The maximum absolute atomic E-state index is 14.7. The number of benzene rings is 2. The summed E-state index contributed by atoms with van der Waals surface area (Å²) in [5, 5.41) is 10.1. The molecule has 0 saturated carbocycles. The summed E-state index contributed by atoms with van der Waals surface area (Å²) in [4.78, 5) is 12.2. The monoisotopic (exact) mass is 473 g/mol. The van der Waals surface area contributed by atoms with E-state index in [0.717, 1.165) is 23.6 Å². The van der Waals surface area contributed by atoms with E-state index in [0.29, 0.717) is 24.2 Å². The molecule has 0 spiro atoms. The quantitative estimate of drug-likeness (QED) is 0.368. The van der Waals surface area contributed by atoms with Gasteiger partial charge in [0.25, 0.3) is 5.56 Å². The van der Waals surface area contributed by atoms with Crippen LogP contribution in [0.4, 0.5) is 4.39 Å². The van der Waals surface area contributed by atoms with E-state index < -0.39 is 15.7 Å². The first-order valence-corrected chi connectivity index (χ1v) is 12.4. The molecule has 8 heteroatoms. The molecule has 0 saturated heterocycles. The molecule has 0 fully saturated rings. The van der Waals surface area contributed by atoms with Crippen LogP contribution in [0, 0.1) is 12.7 Å². The third-order valence-corrected chi connectivity index (χ3v) is 7.31. The number of rotatable bonds is 9. The number of aryl methyl sites for hydroxylation is 3. The molecular weight excluding hydrogens is 445 g/mol. The van der Waals surface area contributed by atoms with Crippen molar-refractivity contribution in [1.82, 2.24) is 4.57 Å². The zero-order valence-corrected chi connectivity index (χ0v) is 19.8. The fourth-order valence-electron chi connectivity index (χ4n) is 3.53. The molecule has 0 unspecified atom stereocenters. The Balaban J connectivity index is 1.80. The Bertz CT molecular complexity index is 1310. The SMILES string of the molecule is CCS(=O)(=O)c1ccc(F)c(-c2cn(C)c(=O)cc2OCCCCc2cccc(C)c2O)c1.